The minimum Gasteiger partial charge on any atom is -0.303 e. The van der Waals surface area contributed by atoms with E-state index in [0.717, 1.165) is 0 Å². The van der Waals surface area contributed by atoms with Crippen LogP contribution in [-0.4, -0.2) is 25.5 Å². The van der Waals surface area contributed by atoms with Gasteiger partial charge in [-0.2, -0.15) is 9.61 Å². The molecular formula is C16H10FN5OS. The predicted octanol–water partition coefficient (Wildman–Crippen LogP) is 3.24. The molecular weight excluding hydrogens is 329 g/mol. The predicted molar refractivity (Wildman–Crippen MR) is 88.4 cm³/mol. The van der Waals surface area contributed by atoms with Gasteiger partial charge < -0.3 is 5.32 Å². The van der Waals surface area contributed by atoms with Gasteiger partial charge >= 0.3 is 0 Å². The van der Waals surface area contributed by atoms with Crippen LogP contribution in [0, 0.1) is 5.82 Å². The lowest BCUT2D eigenvalue weighted by Crippen LogP contribution is -2.13. The summed E-state index contributed by atoms with van der Waals surface area (Å²) >= 11 is 1.24. The number of halogens is 1. The standard InChI is InChI=1S/C16H10FN5OS/c17-11-4-2-1-3-10(11)12-5-6-13-19-9-14(22(13)21-12)20-15(23)16-18-7-8-24-16/h1-9H,(H,20,23). The van der Waals surface area contributed by atoms with Crippen LogP contribution in [0.2, 0.25) is 0 Å². The maximum atomic E-state index is 14.0. The topological polar surface area (TPSA) is 72.2 Å². The second-order valence-corrected chi connectivity index (χ2v) is 5.80. The number of thiazole rings is 1. The molecule has 0 aliphatic carbocycles. The second-order valence-electron chi connectivity index (χ2n) is 4.90. The Morgan fingerprint density at radius 2 is 2.04 bits per heavy atom. The Balaban J connectivity index is 1.74. The summed E-state index contributed by atoms with van der Waals surface area (Å²) in [5, 5.41) is 9.16. The van der Waals surface area contributed by atoms with Gasteiger partial charge in [-0.3, -0.25) is 4.79 Å². The summed E-state index contributed by atoms with van der Waals surface area (Å²) in [6.07, 6.45) is 3.06. The van der Waals surface area contributed by atoms with E-state index in [-0.39, 0.29) is 11.7 Å². The van der Waals surface area contributed by atoms with Crippen LogP contribution >= 0.6 is 11.3 Å². The summed E-state index contributed by atoms with van der Waals surface area (Å²) in [6, 6.07) is 9.78. The lowest BCUT2D eigenvalue weighted by molar-refractivity contribution is 0.102. The van der Waals surface area contributed by atoms with Crippen molar-refractivity contribution in [3.8, 4) is 11.3 Å². The maximum Gasteiger partial charge on any atom is 0.285 e. The molecule has 0 bridgehead atoms. The van der Waals surface area contributed by atoms with Crippen LogP contribution in [-0.2, 0) is 0 Å². The molecule has 24 heavy (non-hydrogen) atoms. The molecule has 4 aromatic rings. The second kappa shape index (κ2) is 5.82. The third kappa shape index (κ3) is 2.52. The highest BCUT2D eigenvalue weighted by Crippen LogP contribution is 2.22. The minimum atomic E-state index is -0.363. The molecule has 3 aromatic heterocycles. The van der Waals surface area contributed by atoms with Gasteiger partial charge in [0.2, 0.25) is 0 Å². The molecule has 0 aliphatic rings. The Labute approximate surface area is 139 Å². The Morgan fingerprint density at radius 1 is 1.17 bits per heavy atom. The van der Waals surface area contributed by atoms with Gasteiger partial charge in [-0.1, -0.05) is 12.1 Å². The van der Waals surface area contributed by atoms with E-state index in [1.807, 2.05) is 0 Å². The van der Waals surface area contributed by atoms with E-state index in [4.69, 9.17) is 0 Å². The number of amides is 1. The van der Waals surface area contributed by atoms with Crippen molar-refractivity contribution >= 4 is 28.7 Å². The number of nitrogens with one attached hydrogen (secondary N) is 1. The van der Waals surface area contributed by atoms with Crippen molar-refractivity contribution in [2.24, 2.45) is 0 Å². The molecule has 6 nitrogen and oxygen atoms in total. The third-order valence-electron chi connectivity index (χ3n) is 3.38. The molecule has 3 heterocycles. The van der Waals surface area contributed by atoms with E-state index in [0.29, 0.717) is 27.7 Å². The molecule has 1 N–H and O–H groups in total. The normalized spacial score (nSPS) is 10.9. The first-order chi connectivity index (χ1) is 11.7. The van der Waals surface area contributed by atoms with Crippen molar-refractivity contribution in [1.82, 2.24) is 19.6 Å². The molecule has 4 rings (SSSR count). The van der Waals surface area contributed by atoms with Crippen molar-refractivity contribution in [1.29, 1.82) is 0 Å². The molecule has 0 radical (unpaired) electrons. The van der Waals surface area contributed by atoms with Crippen LogP contribution in [0.4, 0.5) is 10.2 Å². The first-order valence-electron chi connectivity index (χ1n) is 7.03. The number of imidazole rings is 1. The third-order valence-corrected chi connectivity index (χ3v) is 4.15. The number of hydrogen-bond acceptors (Lipinski definition) is 5. The van der Waals surface area contributed by atoms with E-state index in [9.17, 15) is 9.18 Å². The van der Waals surface area contributed by atoms with E-state index in [1.165, 1.54) is 28.1 Å². The zero-order chi connectivity index (χ0) is 16.5. The van der Waals surface area contributed by atoms with E-state index in [1.54, 1.807) is 41.9 Å². The van der Waals surface area contributed by atoms with Gasteiger partial charge in [0.25, 0.3) is 5.91 Å². The molecule has 1 aromatic carbocycles. The lowest BCUT2D eigenvalue weighted by atomic mass is 10.1. The SMILES string of the molecule is O=C(Nc1cnc2ccc(-c3ccccc3F)nn12)c1nccs1. The zero-order valence-electron chi connectivity index (χ0n) is 12.2. The van der Waals surface area contributed by atoms with Crippen LogP contribution in [0.15, 0.2) is 54.2 Å². The molecule has 0 unspecified atom stereocenters. The van der Waals surface area contributed by atoms with Gasteiger partial charge in [-0.05, 0) is 24.3 Å². The first-order valence-corrected chi connectivity index (χ1v) is 7.91. The number of nitrogens with zero attached hydrogens (tertiary/aromatic N) is 4. The Morgan fingerprint density at radius 3 is 2.83 bits per heavy atom. The van der Waals surface area contributed by atoms with Crippen LogP contribution in [0.5, 0.6) is 0 Å². The van der Waals surface area contributed by atoms with Crippen LogP contribution in [0.3, 0.4) is 0 Å². The molecule has 0 saturated heterocycles. The number of rotatable bonds is 3. The highest BCUT2D eigenvalue weighted by Gasteiger charge is 2.14. The molecule has 0 fully saturated rings. The molecule has 1 amide bonds. The van der Waals surface area contributed by atoms with Crippen molar-refractivity contribution < 1.29 is 9.18 Å². The smallest absolute Gasteiger partial charge is 0.285 e. The lowest BCUT2D eigenvalue weighted by Gasteiger charge is -2.05. The summed E-state index contributed by atoms with van der Waals surface area (Å²) in [5.41, 5.74) is 1.37. The quantitative estimate of drug-likeness (QED) is 0.622. The molecule has 0 aliphatic heterocycles. The maximum absolute atomic E-state index is 14.0. The number of aromatic nitrogens is 4. The van der Waals surface area contributed by atoms with Gasteiger partial charge in [-0.25, -0.2) is 14.4 Å². The fraction of sp³-hybridized carbons (Fsp3) is 0. The van der Waals surface area contributed by atoms with Gasteiger partial charge in [0.15, 0.2) is 16.5 Å². The fourth-order valence-electron chi connectivity index (χ4n) is 2.28. The van der Waals surface area contributed by atoms with E-state index >= 15 is 0 Å². The van der Waals surface area contributed by atoms with Crippen LogP contribution in [0.1, 0.15) is 9.80 Å². The number of fused-ring (bicyclic) bond motifs is 1. The Kier molecular flexibility index (Phi) is 3.51. The number of carbonyl (C=O) groups excluding carboxylic acids is 1. The number of carbonyl (C=O) groups is 1. The van der Waals surface area contributed by atoms with Crippen LogP contribution < -0.4 is 5.32 Å². The minimum absolute atomic E-state index is 0.343. The largest absolute Gasteiger partial charge is 0.303 e. The average molecular weight is 339 g/mol. The van der Waals surface area contributed by atoms with Gasteiger partial charge in [-0.15, -0.1) is 11.3 Å². The highest BCUT2D eigenvalue weighted by atomic mass is 32.1. The van der Waals surface area contributed by atoms with E-state index in [2.05, 4.69) is 20.4 Å². The number of hydrogen-bond donors (Lipinski definition) is 1. The number of anilines is 1. The summed E-state index contributed by atoms with van der Waals surface area (Å²) < 4.78 is 15.4. The van der Waals surface area contributed by atoms with Gasteiger partial charge in [0, 0.05) is 17.1 Å². The molecule has 118 valence electrons. The van der Waals surface area contributed by atoms with Crippen LogP contribution in [0.25, 0.3) is 16.9 Å². The van der Waals surface area contributed by atoms with Crippen molar-refractivity contribution in [2.45, 2.75) is 0 Å². The highest BCUT2D eigenvalue weighted by molar-refractivity contribution is 7.11. The summed E-state index contributed by atoms with van der Waals surface area (Å²) in [6.45, 7) is 0. The van der Waals surface area contributed by atoms with Gasteiger partial charge in [0.1, 0.15) is 5.82 Å². The summed E-state index contributed by atoms with van der Waals surface area (Å²) in [7, 11) is 0. The molecule has 0 atom stereocenters. The molecule has 0 spiro atoms. The first kappa shape index (κ1) is 14.5. The number of benzene rings is 1. The Bertz CT molecular complexity index is 1030. The Hall–Kier alpha value is -3.13. The van der Waals surface area contributed by atoms with Crippen molar-refractivity contribution in [3.05, 3.63) is 65.0 Å². The molecule has 8 heteroatoms. The molecule has 0 saturated carbocycles. The van der Waals surface area contributed by atoms with E-state index < -0.39 is 0 Å². The zero-order valence-corrected chi connectivity index (χ0v) is 13.0. The van der Waals surface area contributed by atoms with Gasteiger partial charge in [0.05, 0.1) is 11.9 Å². The monoisotopic (exact) mass is 339 g/mol. The fourth-order valence-corrected chi connectivity index (χ4v) is 2.81. The van der Waals surface area contributed by atoms with Crippen molar-refractivity contribution in [3.63, 3.8) is 0 Å². The summed E-state index contributed by atoms with van der Waals surface area (Å²) in [4.78, 5) is 20.3. The van der Waals surface area contributed by atoms with Crippen molar-refractivity contribution in [2.75, 3.05) is 5.32 Å². The summed E-state index contributed by atoms with van der Waals surface area (Å²) in [5.74, 6) is -0.314. The average Bonchev–Trinajstić information content (AvgIpc) is 3.25.